The van der Waals surface area contributed by atoms with Gasteiger partial charge in [0, 0.05) is 27.5 Å². The van der Waals surface area contributed by atoms with Crippen molar-refractivity contribution in [2.24, 2.45) is 0 Å². The standard InChI is InChI=1S/C49H32N2O/c1-4-13-32(14-5-1)39-27-37-19-10-11-20-40(37)43-29-35(23-24-38(43)28-39)36-25-26-41-47(30-36)52-46-22-12-21-42(48(41)46)49-50-44(33-15-6-2-7-16-33)31-45(51-49)34-17-8-3-9-18-34/h1-26,28-31H,27H2. The molecule has 1 aliphatic carbocycles. The first-order valence-electron chi connectivity index (χ1n) is 17.7. The molecule has 2 heterocycles. The summed E-state index contributed by atoms with van der Waals surface area (Å²) in [6.07, 6.45) is 3.25. The number of hydrogen-bond acceptors (Lipinski definition) is 3. The lowest BCUT2D eigenvalue weighted by Gasteiger charge is -2.12. The van der Waals surface area contributed by atoms with Crippen LogP contribution in [-0.4, -0.2) is 9.97 Å². The highest BCUT2D eigenvalue weighted by Gasteiger charge is 2.20. The second-order valence-electron chi connectivity index (χ2n) is 13.4. The number of benzene rings is 7. The van der Waals surface area contributed by atoms with E-state index in [4.69, 9.17) is 14.4 Å². The molecule has 0 fully saturated rings. The molecular formula is C49H32N2O. The Morgan fingerprint density at radius 1 is 0.423 bits per heavy atom. The molecule has 0 atom stereocenters. The van der Waals surface area contributed by atoms with Crippen LogP contribution in [0.15, 0.2) is 180 Å². The Labute approximate surface area is 302 Å². The van der Waals surface area contributed by atoms with E-state index in [9.17, 15) is 0 Å². The number of allylic oxidation sites excluding steroid dienone is 1. The van der Waals surface area contributed by atoms with Crippen molar-refractivity contribution < 1.29 is 4.42 Å². The summed E-state index contributed by atoms with van der Waals surface area (Å²) >= 11 is 0. The van der Waals surface area contributed by atoms with E-state index in [0.29, 0.717) is 5.82 Å². The summed E-state index contributed by atoms with van der Waals surface area (Å²) in [4.78, 5) is 10.3. The monoisotopic (exact) mass is 664 g/mol. The lowest BCUT2D eigenvalue weighted by atomic mass is 9.92. The highest BCUT2D eigenvalue weighted by atomic mass is 16.3. The van der Waals surface area contributed by atoms with Gasteiger partial charge in [0.2, 0.25) is 0 Å². The van der Waals surface area contributed by atoms with E-state index in [1.54, 1.807) is 0 Å². The summed E-state index contributed by atoms with van der Waals surface area (Å²) < 4.78 is 6.59. The van der Waals surface area contributed by atoms with E-state index in [2.05, 4.69) is 133 Å². The van der Waals surface area contributed by atoms with Crippen LogP contribution in [0.1, 0.15) is 16.7 Å². The van der Waals surface area contributed by atoms with Gasteiger partial charge in [-0.25, -0.2) is 9.97 Å². The molecule has 3 heteroatoms. The Hall–Kier alpha value is -6.84. The van der Waals surface area contributed by atoms with Gasteiger partial charge in [-0.2, -0.15) is 0 Å². The quantitative estimate of drug-likeness (QED) is 0.184. The maximum atomic E-state index is 6.59. The maximum Gasteiger partial charge on any atom is 0.161 e. The highest BCUT2D eigenvalue weighted by molar-refractivity contribution is 6.12. The predicted octanol–water partition coefficient (Wildman–Crippen LogP) is 12.8. The molecule has 0 spiro atoms. The van der Waals surface area contributed by atoms with Crippen molar-refractivity contribution in [3.8, 4) is 56.2 Å². The van der Waals surface area contributed by atoms with Gasteiger partial charge in [-0.3, -0.25) is 0 Å². The van der Waals surface area contributed by atoms with E-state index < -0.39 is 0 Å². The second kappa shape index (κ2) is 12.5. The summed E-state index contributed by atoms with van der Waals surface area (Å²) in [7, 11) is 0. The average Bonchev–Trinajstić information content (AvgIpc) is 3.51. The molecule has 0 saturated heterocycles. The molecule has 0 aliphatic heterocycles. The summed E-state index contributed by atoms with van der Waals surface area (Å²) in [5.41, 5.74) is 16.4. The molecule has 0 unspecified atom stereocenters. The Bertz CT molecular complexity index is 2740. The van der Waals surface area contributed by atoms with Crippen LogP contribution < -0.4 is 0 Å². The Morgan fingerprint density at radius 2 is 1.04 bits per heavy atom. The number of furan rings is 1. The summed E-state index contributed by atoms with van der Waals surface area (Å²) in [5, 5.41) is 2.06. The first-order chi connectivity index (χ1) is 25.7. The fourth-order valence-corrected chi connectivity index (χ4v) is 7.59. The number of fused-ring (bicyclic) bond motifs is 6. The van der Waals surface area contributed by atoms with Gasteiger partial charge < -0.3 is 4.42 Å². The van der Waals surface area contributed by atoms with Gasteiger partial charge in [0.1, 0.15) is 11.2 Å². The first-order valence-corrected chi connectivity index (χ1v) is 17.7. The van der Waals surface area contributed by atoms with Crippen LogP contribution in [0.5, 0.6) is 0 Å². The lowest BCUT2D eigenvalue weighted by Crippen LogP contribution is -1.96. The molecule has 0 saturated carbocycles. The molecular weight excluding hydrogens is 633 g/mol. The maximum absolute atomic E-state index is 6.59. The van der Waals surface area contributed by atoms with Crippen LogP contribution in [-0.2, 0) is 6.42 Å². The van der Waals surface area contributed by atoms with Gasteiger partial charge in [-0.05, 0) is 81.3 Å². The molecule has 7 aromatic carbocycles. The molecule has 0 amide bonds. The topological polar surface area (TPSA) is 38.9 Å². The van der Waals surface area contributed by atoms with Gasteiger partial charge in [-0.1, -0.05) is 152 Å². The van der Waals surface area contributed by atoms with Crippen LogP contribution in [0.4, 0.5) is 0 Å². The van der Waals surface area contributed by atoms with Crippen LogP contribution in [0.25, 0.3) is 89.7 Å². The Morgan fingerprint density at radius 3 is 1.77 bits per heavy atom. The van der Waals surface area contributed by atoms with Crippen molar-refractivity contribution in [3.63, 3.8) is 0 Å². The zero-order valence-electron chi connectivity index (χ0n) is 28.3. The van der Waals surface area contributed by atoms with Gasteiger partial charge in [0.25, 0.3) is 0 Å². The van der Waals surface area contributed by atoms with Crippen molar-refractivity contribution in [1.82, 2.24) is 9.97 Å². The molecule has 10 rings (SSSR count). The molecule has 52 heavy (non-hydrogen) atoms. The molecule has 9 aromatic rings. The molecule has 0 radical (unpaired) electrons. The van der Waals surface area contributed by atoms with Gasteiger partial charge in [0.05, 0.1) is 11.4 Å². The zero-order chi connectivity index (χ0) is 34.4. The smallest absolute Gasteiger partial charge is 0.161 e. The van der Waals surface area contributed by atoms with E-state index in [1.807, 2.05) is 48.5 Å². The Balaban J connectivity index is 1.10. The fourth-order valence-electron chi connectivity index (χ4n) is 7.59. The molecule has 0 N–H and O–H groups in total. The third kappa shape index (κ3) is 5.31. The summed E-state index contributed by atoms with van der Waals surface area (Å²) in [6.45, 7) is 0. The Kier molecular flexibility index (Phi) is 7.21. The van der Waals surface area contributed by atoms with Gasteiger partial charge in [-0.15, -0.1) is 0 Å². The lowest BCUT2D eigenvalue weighted by molar-refractivity contribution is 0.669. The molecule has 0 bridgehead atoms. The van der Waals surface area contributed by atoms with Crippen LogP contribution in [0.2, 0.25) is 0 Å². The van der Waals surface area contributed by atoms with Gasteiger partial charge in [0.15, 0.2) is 5.82 Å². The fraction of sp³-hybridized carbons (Fsp3) is 0.0204. The van der Waals surface area contributed by atoms with Crippen molar-refractivity contribution in [2.75, 3.05) is 0 Å². The van der Waals surface area contributed by atoms with Crippen molar-refractivity contribution in [3.05, 3.63) is 193 Å². The van der Waals surface area contributed by atoms with Gasteiger partial charge >= 0.3 is 0 Å². The predicted molar refractivity (Wildman–Crippen MR) is 215 cm³/mol. The third-order valence-corrected chi connectivity index (χ3v) is 10.2. The minimum absolute atomic E-state index is 0.671. The van der Waals surface area contributed by atoms with E-state index in [-0.39, 0.29) is 0 Å². The van der Waals surface area contributed by atoms with Crippen LogP contribution in [0, 0.1) is 0 Å². The third-order valence-electron chi connectivity index (χ3n) is 10.2. The minimum Gasteiger partial charge on any atom is -0.456 e. The number of aromatic nitrogens is 2. The molecule has 2 aromatic heterocycles. The summed E-state index contributed by atoms with van der Waals surface area (Å²) in [6, 6.07) is 61.8. The SMILES string of the molecule is C1=C(c2ccccc2)Cc2ccccc2-c2cc(-c3ccc4c(c3)oc3cccc(-c5nc(-c6ccccc6)cc(-c6ccccc6)n5)c34)ccc21. The van der Waals surface area contributed by atoms with Crippen molar-refractivity contribution in [1.29, 1.82) is 0 Å². The van der Waals surface area contributed by atoms with E-state index >= 15 is 0 Å². The first kappa shape index (κ1) is 30.0. The number of rotatable bonds is 5. The minimum atomic E-state index is 0.671. The van der Waals surface area contributed by atoms with Crippen molar-refractivity contribution >= 4 is 33.6 Å². The molecule has 1 aliphatic rings. The molecule has 3 nitrogen and oxygen atoms in total. The van der Waals surface area contributed by atoms with E-state index in [1.165, 1.54) is 33.4 Å². The number of nitrogens with zero attached hydrogens (tertiary/aromatic N) is 2. The normalized spacial score (nSPS) is 12.3. The van der Waals surface area contributed by atoms with Crippen LogP contribution in [0.3, 0.4) is 0 Å². The highest BCUT2D eigenvalue weighted by Crippen LogP contribution is 2.41. The largest absolute Gasteiger partial charge is 0.456 e. The number of hydrogen-bond donors (Lipinski definition) is 0. The average molecular weight is 665 g/mol. The summed E-state index contributed by atoms with van der Waals surface area (Å²) in [5.74, 6) is 0.671. The van der Waals surface area contributed by atoms with E-state index in [0.717, 1.165) is 67.6 Å². The van der Waals surface area contributed by atoms with Crippen LogP contribution >= 0.6 is 0 Å². The van der Waals surface area contributed by atoms with Crippen molar-refractivity contribution in [2.45, 2.75) is 6.42 Å². The molecule has 244 valence electrons. The zero-order valence-corrected chi connectivity index (χ0v) is 28.3. The second-order valence-corrected chi connectivity index (χ2v) is 13.4.